The topological polar surface area (TPSA) is 103 Å². The first-order chi connectivity index (χ1) is 18.4. The van der Waals surface area contributed by atoms with E-state index in [1.807, 2.05) is 6.07 Å². The van der Waals surface area contributed by atoms with E-state index in [4.69, 9.17) is 15.2 Å². The summed E-state index contributed by atoms with van der Waals surface area (Å²) in [6, 6.07) is 7.90. The van der Waals surface area contributed by atoms with Gasteiger partial charge in [-0.05, 0) is 48.2 Å². The molecule has 9 nitrogen and oxygen atoms in total. The standard InChI is InChI=1S/C27H29F2N7O2/c1-16-7-18(30)13-35(12-16)24-5-6-31-11-23(24)33-26-32-10-19-3-4-22(34-36(19)26)25-20(28)8-17(9-21(25)29)27(37-2)14-38-15-27/h3-6,8-11,16,18H,7,12-15,30H2,1-2H3,(H,32,33)/t16-,18+/m1/s1. The Kier molecular flexibility index (Phi) is 6.21. The van der Waals surface area contributed by atoms with Crippen molar-refractivity contribution in [1.29, 1.82) is 0 Å². The smallest absolute Gasteiger partial charge is 0.229 e. The zero-order valence-corrected chi connectivity index (χ0v) is 21.2. The van der Waals surface area contributed by atoms with Crippen LogP contribution in [0.5, 0.6) is 0 Å². The molecule has 0 radical (unpaired) electrons. The number of piperidine rings is 1. The van der Waals surface area contributed by atoms with Crippen molar-refractivity contribution in [3.63, 3.8) is 0 Å². The molecule has 0 spiro atoms. The molecule has 0 aliphatic carbocycles. The van der Waals surface area contributed by atoms with Crippen molar-refractivity contribution in [2.24, 2.45) is 11.7 Å². The van der Waals surface area contributed by atoms with Crippen molar-refractivity contribution in [3.8, 4) is 11.3 Å². The first kappa shape index (κ1) is 24.7. The number of nitrogens with two attached hydrogens (primary N) is 1. The van der Waals surface area contributed by atoms with Gasteiger partial charge >= 0.3 is 0 Å². The zero-order valence-electron chi connectivity index (χ0n) is 21.2. The Morgan fingerprint density at radius 3 is 2.61 bits per heavy atom. The Morgan fingerprint density at radius 1 is 1.13 bits per heavy atom. The summed E-state index contributed by atoms with van der Waals surface area (Å²) in [5.41, 5.74) is 8.11. The van der Waals surface area contributed by atoms with Crippen LogP contribution in [0, 0.1) is 17.6 Å². The molecule has 6 rings (SSSR count). The van der Waals surface area contributed by atoms with E-state index in [-0.39, 0.29) is 30.5 Å². The highest BCUT2D eigenvalue weighted by atomic mass is 19.1. The highest BCUT2D eigenvalue weighted by Gasteiger charge is 2.41. The number of halogens is 2. The third kappa shape index (κ3) is 4.26. The van der Waals surface area contributed by atoms with Gasteiger partial charge < -0.3 is 25.4 Å². The number of methoxy groups -OCH3 is 1. The van der Waals surface area contributed by atoms with Gasteiger partial charge in [0.1, 0.15) is 17.2 Å². The van der Waals surface area contributed by atoms with Crippen molar-refractivity contribution in [1.82, 2.24) is 19.6 Å². The number of nitrogens with zero attached hydrogens (tertiary/aromatic N) is 5. The number of hydrogen-bond acceptors (Lipinski definition) is 8. The molecular weight excluding hydrogens is 492 g/mol. The number of ether oxygens (including phenoxy) is 2. The van der Waals surface area contributed by atoms with Gasteiger partial charge in [0.15, 0.2) is 0 Å². The predicted molar refractivity (Wildman–Crippen MR) is 139 cm³/mol. The summed E-state index contributed by atoms with van der Waals surface area (Å²) in [5.74, 6) is -0.597. The van der Waals surface area contributed by atoms with Gasteiger partial charge in [-0.1, -0.05) is 6.92 Å². The molecular formula is C27H29F2N7O2. The van der Waals surface area contributed by atoms with Gasteiger partial charge in [0.05, 0.1) is 53.8 Å². The number of rotatable bonds is 6. The van der Waals surface area contributed by atoms with Crippen LogP contribution in [0.15, 0.2) is 48.9 Å². The summed E-state index contributed by atoms with van der Waals surface area (Å²) >= 11 is 0. The average Bonchev–Trinajstić information content (AvgIpc) is 3.25. The second-order valence-electron chi connectivity index (χ2n) is 10.2. The molecule has 198 valence electrons. The second-order valence-corrected chi connectivity index (χ2v) is 10.2. The lowest BCUT2D eigenvalue weighted by Crippen LogP contribution is -2.48. The van der Waals surface area contributed by atoms with E-state index in [1.165, 1.54) is 23.8 Å². The zero-order chi connectivity index (χ0) is 26.4. The van der Waals surface area contributed by atoms with E-state index in [1.54, 1.807) is 30.7 Å². The molecule has 5 heterocycles. The number of fused-ring (bicyclic) bond motifs is 1. The number of benzene rings is 1. The third-order valence-electron chi connectivity index (χ3n) is 7.35. The van der Waals surface area contributed by atoms with E-state index in [0.717, 1.165) is 30.9 Å². The first-order valence-electron chi connectivity index (χ1n) is 12.6. The molecule has 2 fully saturated rings. The Bertz CT molecular complexity index is 1450. The second kappa shape index (κ2) is 9.57. The molecule has 2 aliphatic heterocycles. The molecule has 11 heteroatoms. The maximum Gasteiger partial charge on any atom is 0.229 e. The number of pyridine rings is 1. The molecule has 2 atom stereocenters. The van der Waals surface area contributed by atoms with Gasteiger partial charge in [-0.3, -0.25) is 4.98 Å². The molecule has 38 heavy (non-hydrogen) atoms. The Hall–Kier alpha value is -3.67. The maximum atomic E-state index is 15.3. The summed E-state index contributed by atoms with van der Waals surface area (Å²) in [5, 5.41) is 7.85. The SMILES string of the molecule is COC1(c2cc(F)c(-c3ccc4cnc(Nc5cnccc5N5C[C@H](C)C[C@H](N)C5)n4n3)c(F)c2)COC1. The summed E-state index contributed by atoms with van der Waals surface area (Å²) < 4.78 is 42.8. The van der Waals surface area contributed by atoms with E-state index in [9.17, 15) is 0 Å². The van der Waals surface area contributed by atoms with Crippen LogP contribution in [-0.2, 0) is 15.1 Å². The fourth-order valence-corrected chi connectivity index (χ4v) is 5.35. The molecule has 0 bridgehead atoms. The molecule has 0 saturated carbocycles. The fraction of sp³-hybridized carbons (Fsp3) is 0.370. The van der Waals surface area contributed by atoms with E-state index >= 15 is 8.78 Å². The summed E-state index contributed by atoms with van der Waals surface area (Å²) in [6.07, 6.45) is 6.09. The average molecular weight is 522 g/mol. The highest BCUT2D eigenvalue weighted by Crippen LogP contribution is 2.37. The predicted octanol–water partition coefficient (Wildman–Crippen LogP) is 3.86. The Labute approximate surface area is 218 Å². The lowest BCUT2D eigenvalue weighted by Gasteiger charge is -2.40. The molecule has 0 unspecified atom stereocenters. The van der Waals surface area contributed by atoms with Gasteiger partial charge in [-0.2, -0.15) is 9.61 Å². The number of anilines is 3. The lowest BCUT2D eigenvalue weighted by molar-refractivity contribution is -0.202. The maximum absolute atomic E-state index is 15.3. The van der Waals surface area contributed by atoms with Gasteiger partial charge in [0.25, 0.3) is 0 Å². The number of hydrogen-bond donors (Lipinski definition) is 2. The van der Waals surface area contributed by atoms with Crippen LogP contribution in [0.25, 0.3) is 16.8 Å². The quantitative estimate of drug-likeness (QED) is 0.394. The van der Waals surface area contributed by atoms with Gasteiger partial charge in [0, 0.05) is 32.4 Å². The van der Waals surface area contributed by atoms with Gasteiger partial charge in [-0.25, -0.2) is 13.8 Å². The molecule has 1 aromatic carbocycles. The molecule has 0 amide bonds. The third-order valence-corrected chi connectivity index (χ3v) is 7.35. The minimum atomic E-state index is -0.837. The first-order valence-corrected chi connectivity index (χ1v) is 12.6. The van der Waals surface area contributed by atoms with Crippen molar-refractivity contribution in [3.05, 3.63) is 66.1 Å². The van der Waals surface area contributed by atoms with Crippen molar-refractivity contribution in [2.75, 3.05) is 43.6 Å². The van der Waals surface area contributed by atoms with Crippen LogP contribution in [-0.4, -0.2) is 59.0 Å². The molecule has 4 aromatic rings. The van der Waals surface area contributed by atoms with Crippen LogP contribution >= 0.6 is 0 Å². The van der Waals surface area contributed by atoms with Crippen LogP contribution < -0.4 is 16.0 Å². The molecule has 3 aromatic heterocycles. The number of aromatic nitrogens is 4. The van der Waals surface area contributed by atoms with Crippen molar-refractivity contribution >= 4 is 22.8 Å². The highest BCUT2D eigenvalue weighted by molar-refractivity contribution is 5.74. The summed E-state index contributed by atoms with van der Waals surface area (Å²) in [6.45, 7) is 4.29. The minimum absolute atomic E-state index is 0.0861. The van der Waals surface area contributed by atoms with Gasteiger partial charge in [-0.15, -0.1) is 0 Å². The molecule has 2 aliphatic rings. The summed E-state index contributed by atoms with van der Waals surface area (Å²) in [4.78, 5) is 11.0. The van der Waals surface area contributed by atoms with E-state index in [2.05, 4.69) is 32.2 Å². The lowest BCUT2D eigenvalue weighted by atomic mass is 9.90. The normalized spacial score (nSPS) is 20.9. The van der Waals surface area contributed by atoms with E-state index < -0.39 is 17.2 Å². The monoisotopic (exact) mass is 521 g/mol. The number of imidazole rings is 1. The minimum Gasteiger partial charge on any atom is -0.375 e. The Balaban J connectivity index is 1.34. The van der Waals surface area contributed by atoms with Crippen LogP contribution in [0.4, 0.5) is 26.1 Å². The fourth-order valence-electron chi connectivity index (χ4n) is 5.35. The van der Waals surface area contributed by atoms with Crippen molar-refractivity contribution in [2.45, 2.75) is 25.0 Å². The number of nitrogens with one attached hydrogen (secondary N) is 1. The van der Waals surface area contributed by atoms with Crippen LogP contribution in [0.2, 0.25) is 0 Å². The Morgan fingerprint density at radius 2 is 1.92 bits per heavy atom. The molecule has 3 N–H and O–H groups in total. The summed E-state index contributed by atoms with van der Waals surface area (Å²) in [7, 11) is 1.50. The van der Waals surface area contributed by atoms with Crippen LogP contribution in [0.1, 0.15) is 18.9 Å². The largest absolute Gasteiger partial charge is 0.375 e. The van der Waals surface area contributed by atoms with Gasteiger partial charge in [0.2, 0.25) is 5.95 Å². The van der Waals surface area contributed by atoms with E-state index in [0.29, 0.717) is 22.9 Å². The molecule has 2 saturated heterocycles. The van der Waals surface area contributed by atoms with Crippen molar-refractivity contribution < 1.29 is 18.3 Å². The van der Waals surface area contributed by atoms with Crippen LogP contribution in [0.3, 0.4) is 0 Å².